The van der Waals surface area contributed by atoms with E-state index in [4.69, 9.17) is 4.74 Å². The van der Waals surface area contributed by atoms with E-state index in [2.05, 4.69) is 45.9 Å². The highest BCUT2D eigenvalue weighted by Crippen LogP contribution is 2.24. The van der Waals surface area contributed by atoms with Gasteiger partial charge in [0.15, 0.2) is 5.69 Å². The summed E-state index contributed by atoms with van der Waals surface area (Å²) in [4.78, 5) is 0. The van der Waals surface area contributed by atoms with Gasteiger partial charge in [-0.1, -0.05) is 30.3 Å². The van der Waals surface area contributed by atoms with Crippen LogP contribution in [0.2, 0.25) is 0 Å². The molecule has 0 radical (unpaired) electrons. The standard InChI is InChI=1S/C13H15N2O/c1-14-7-12-8-16-9-13(15(12)10-14)11-5-3-2-4-6-11/h2-7,10,13H,8-9H2,1H3/q+1/t13-/m0/s1. The number of fused-ring (bicyclic) bond motifs is 1. The van der Waals surface area contributed by atoms with Crippen molar-refractivity contribution in [3.8, 4) is 0 Å². The van der Waals surface area contributed by atoms with Crippen LogP contribution in [0.25, 0.3) is 0 Å². The first-order valence-electron chi connectivity index (χ1n) is 5.53. The Labute approximate surface area is 94.9 Å². The summed E-state index contributed by atoms with van der Waals surface area (Å²) < 4.78 is 10.0. The molecule has 0 amide bonds. The van der Waals surface area contributed by atoms with Crippen molar-refractivity contribution >= 4 is 0 Å². The van der Waals surface area contributed by atoms with Gasteiger partial charge in [-0.05, 0) is 5.56 Å². The molecule has 1 aliphatic rings. The van der Waals surface area contributed by atoms with Gasteiger partial charge in [0.1, 0.15) is 18.8 Å². The Bertz CT molecular complexity index is 490. The monoisotopic (exact) mass is 215 g/mol. The Kier molecular flexibility index (Phi) is 2.26. The Morgan fingerprint density at radius 3 is 2.94 bits per heavy atom. The van der Waals surface area contributed by atoms with E-state index in [1.165, 1.54) is 11.3 Å². The second-order valence-corrected chi connectivity index (χ2v) is 4.25. The molecule has 0 spiro atoms. The van der Waals surface area contributed by atoms with E-state index in [9.17, 15) is 0 Å². The van der Waals surface area contributed by atoms with Crippen LogP contribution >= 0.6 is 0 Å². The molecule has 3 nitrogen and oxygen atoms in total. The number of aromatic nitrogens is 2. The van der Waals surface area contributed by atoms with E-state index in [0.717, 1.165) is 6.61 Å². The number of rotatable bonds is 1. The van der Waals surface area contributed by atoms with Gasteiger partial charge in [0.05, 0.1) is 13.7 Å². The maximum absolute atomic E-state index is 5.64. The molecule has 1 aromatic carbocycles. The third-order valence-corrected chi connectivity index (χ3v) is 3.04. The molecule has 1 atom stereocenters. The van der Waals surface area contributed by atoms with Crippen molar-refractivity contribution in [3.63, 3.8) is 0 Å². The fraction of sp³-hybridized carbons (Fsp3) is 0.308. The van der Waals surface area contributed by atoms with Gasteiger partial charge in [0, 0.05) is 0 Å². The lowest BCUT2D eigenvalue weighted by molar-refractivity contribution is -0.671. The Balaban J connectivity index is 2.05. The van der Waals surface area contributed by atoms with Crippen LogP contribution in [-0.2, 0) is 18.4 Å². The summed E-state index contributed by atoms with van der Waals surface area (Å²) in [5.41, 5.74) is 2.54. The summed E-state index contributed by atoms with van der Waals surface area (Å²) in [6, 6.07) is 10.8. The van der Waals surface area contributed by atoms with Gasteiger partial charge in [-0.15, -0.1) is 0 Å². The van der Waals surface area contributed by atoms with Crippen molar-refractivity contribution in [1.82, 2.24) is 4.57 Å². The lowest BCUT2D eigenvalue weighted by Gasteiger charge is -2.20. The average molecular weight is 215 g/mol. The lowest BCUT2D eigenvalue weighted by atomic mass is 10.1. The third-order valence-electron chi connectivity index (χ3n) is 3.04. The maximum Gasteiger partial charge on any atom is 0.244 e. The SMILES string of the molecule is C[n+]1cc2n(c1)[C@H](c1ccccc1)COC2. The fourth-order valence-electron chi connectivity index (χ4n) is 2.29. The number of imidazole rings is 1. The second-order valence-electron chi connectivity index (χ2n) is 4.25. The summed E-state index contributed by atoms with van der Waals surface area (Å²) in [6.45, 7) is 1.47. The van der Waals surface area contributed by atoms with E-state index >= 15 is 0 Å². The molecule has 1 aliphatic heterocycles. The van der Waals surface area contributed by atoms with Gasteiger partial charge in [0.2, 0.25) is 6.33 Å². The van der Waals surface area contributed by atoms with E-state index in [-0.39, 0.29) is 0 Å². The molecule has 0 bridgehead atoms. The number of benzene rings is 1. The van der Waals surface area contributed by atoms with Crippen LogP contribution in [0.1, 0.15) is 17.3 Å². The number of hydrogen-bond acceptors (Lipinski definition) is 1. The highest BCUT2D eigenvalue weighted by Gasteiger charge is 2.27. The zero-order valence-corrected chi connectivity index (χ0v) is 9.34. The number of ether oxygens (including phenoxy) is 1. The van der Waals surface area contributed by atoms with Gasteiger partial charge in [0.25, 0.3) is 0 Å². The minimum Gasteiger partial charge on any atom is -0.368 e. The van der Waals surface area contributed by atoms with Crippen molar-refractivity contribution in [2.75, 3.05) is 6.61 Å². The Morgan fingerprint density at radius 2 is 2.12 bits per heavy atom. The summed E-state index contributed by atoms with van der Waals surface area (Å²) >= 11 is 0. The van der Waals surface area contributed by atoms with Gasteiger partial charge >= 0.3 is 0 Å². The van der Waals surface area contributed by atoms with E-state index in [0.29, 0.717) is 12.6 Å². The molecule has 0 unspecified atom stereocenters. The summed E-state index contributed by atoms with van der Waals surface area (Å²) in [5.74, 6) is 0. The van der Waals surface area contributed by atoms with Gasteiger partial charge in [-0.25, -0.2) is 9.13 Å². The van der Waals surface area contributed by atoms with Crippen molar-refractivity contribution in [3.05, 3.63) is 54.1 Å². The molecule has 3 rings (SSSR count). The van der Waals surface area contributed by atoms with Crippen molar-refractivity contribution < 1.29 is 9.30 Å². The Hall–Kier alpha value is -1.61. The van der Waals surface area contributed by atoms with Crippen molar-refractivity contribution in [1.29, 1.82) is 0 Å². The summed E-state index contributed by atoms with van der Waals surface area (Å²) in [6.07, 6.45) is 4.25. The van der Waals surface area contributed by atoms with Gasteiger partial charge in [-0.3, -0.25) is 0 Å². The van der Waals surface area contributed by atoms with Crippen LogP contribution in [0.4, 0.5) is 0 Å². The maximum atomic E-state index is 5.64. The highest BCUT2D eigenvalue weighted by molar-refractivity contribution is 5.21. The topological polar surface area (TPSA) is 18.0 Å². The molecule has 82 valence electrons. The minimum atomic E-state index is 0.311. The molecule has 2 aromatic rings. The van der Waals surface area contributed by atoms with E-state index in [1.807, 2.05) is 13.1 Å². The molecule has 2 heterocycles. The Morgan fingerprint density at radius 1 is 1.31 bits per heavy atom. The molecule has 0 aliphatic carbocycles. The largest absolute Gasteiger partial charge is 0.368 e. The molecule has 1 aromatic heterocycles. The molecule has 3 heteroatoms. The van der Waals surface area contributed by atoms with Crippen LogP contribution in [0.5, 0.6) is 0 Å². The number of hydrogen-bond donors (Lipinski definition) is 0. The summed E-state index contributed by atoms with van der Waals surface area (Å²) in [5, 5.41) is 0. The first kappa shape index (κ1) is 9.60. The van der Waals surface area contributed by atoms with Crippen LogP contribution in [0.3, 0.4) is 0 Å². The molecule has 0 saturated heterocycles. The van der Waals surface area contributed by atoms with Gasteiger partial charge in [-0.2, -0.15) is 0 Å². The van der Waals surface area contributed by atoms with Crippen LogP contribution < -0.4 is 4.57 Å². The first-order valence-corrected chi connectivity index (χ1v) is 5.53. The molecule has 0 N–H and O–H groups in total. The second kappa shape index (κ2) is 3.76. The predicted octanol–water partition coefficient (Wildman–Crippen LogP) is 1.43. The van der Waals surface area contributed by atoms with Crippen LogP contribution in [-0.4, -0.2) is 11.2 Å². The molecule has 0 fully saturated rings. The fourth-order valence-corrected chi connectivity index (χ4v) is 2.29. The average Bonchev–Trinajstić information content (AvgIpc) is 2.70. The zero-order valence-electron chi connectivity index (χ0n) is 9.34. The molecular formula is C13H15N2O+. The smallest absolute Gasteiger partial charge is 0.244 e. The van der Waals surface area contributed by atoms with Crippen molar-refractivity contribution in [2.45, 2.75) is 12.6 Å². The number of nitrogens with zero attached hydrogens (tertiary/aromatic N) is 2. The highest BCUT2D eigenvalue weighted by atomic mass is 16.5. The minimum absolute atomic E-state index is 0.311. The lowest BCUT2D eigenvalue weighted by Crippen LogP contribution is -2.26. The van der Waals surface area contributed by atoms with Crippen molar-refractivity contribution in [2.24, 2.45) is 7.05 Å². The van der Waals surface area contributed by atoms with E-state index in [1.54, 1.807) is 0 Å². The van der Waals surface area contributed by atoms with Gasteiger partial charge < -0.3 is 4.74 Å². The third kappa shape index (κ3) is 1.53. The van der Waals surface area contributed by atoms with Crippen LogP contribution in [0.15, 0.2) is 42.9 Å². The quantitative estimate of drug-likeness (QED) is 0.658. The number of aryl methyl sites for hydroxylation is 1. The van der Waals surface area contributed by atoms with E-state index < -0.39 is 0 Å². The zero-order chi connectivity index (χ0) is 11.0. The first-order chi connectivity index (χ1) is 7.84. The van der Waals surface area contributed by atoms with Crippen LogP contribution in [0, 0.1) is 0 Å². The summed E-state index contributed by atoms with van der Waals surface area (Å²) in [7, 11) is 2.05. The molecular weight excluding hydrogens is 200 g/mol. The molecule has 0 saturated carbocycles. The normalized spacial score (nSPS) is 19.4. The molecule has 16 heavy (non-hydrogen) atoms. The predicted molar refractivity (Wildman–Crippen MR) is 59.8 cm³/mol.